The summed E-state index contributed by atoms with van der Waals surface area (Å²) in [6.07, 6.45) is 5.23. The van der Waals surface area contributed by atoms with Crippen molar-refractivity contribution in [3.05, 3.63) is 22.4 Å². The monoisotopic (exact) mass is 267 g/mol. The van der Waals surface area contributed by atoms with Gasteiger partial charge in [-0.05, 0) is 31.3 Å². The van der Waals surface area contributed by atoms with E-state index in [1.807, 2.05) is 0 Å². The van der Waals surface area contributed by atoms with Gasteiger partial charge in [-0.1, -0.05) is 25.3 Å². The molecule has 1 saturated carbocycles. The van der Waals surface area contributed by atoms with Crippen LogP contribution in [0.3, 0.4) is 0 Å². The topological polar surface area (TPSA) is 40.5 Å². The number of aliphatic carboxylic acids is 1. The Labute approximate surface area is 112 Å². The molecule has 4 heteroatoms. The van der Waals surface area contributed by atoms with Crippen molar-refractivity contribution in [2.75, 3.05) is 7.05 Å². The molecule has 100 valence electrons. The van der Waals surface area contributed by atoms with Gasteiger partial charge in [-0.2, -0.15) is 0 Å². The van der Waals surface area contributed by atoms with Crippen molar-refractivity contribution >= 4 is 17.3 Å². The second-order valence-electron chi connectivity index (χ2n) is 5.14. The number of carbonyl (C=O) groups is 1. The zero-order valence-corrected chi connectivity index (χ0v) is 11.7. The van der Waals surface area contributed by atoms with Gasteiger partial charge in [0.15, 0.2) is 0 Å². The zero-order valence-electron chi connectivity index (χ0n) is 10.8. The van der Waals surface area contributed by atoms with Crippen molar-refractivity contribution < 1.29 is 9.90 Å². The van der Waals surface area contributed by atoms with Crippen molar-refractivity contribution in [1.29, 1.82) is 0 Å². The van der Waals surface area contributed by atoms with E-state index >= 15 is 0 Å². The molecule has 0 spiro atoms. The molecule has 1 fully saturated rings. The molecule has 2 atom stereocenters. The molecule has 0 aliphatic heterocycles. The molecular weight excluding hydrogens is 246 g/mol. The van der Waals surface area contributed by atoms with E-state index in [4.69, 9.17) is 0 Å². The maximum absolute atomic E-state index is 11.4. The SMILES string of the molecule is CN(Cc1cccs1)C1CCCCCC1C(=O)O. The van der Waals surface area contributed by atoms with E-state index in [1.54, 1.807) is 11.3 Å². The van der Waals surface area contributed by atoms with E-state index < -0.39 is 5.97 Å². The first kappa shape index (κ1) is 13.6. The minimum absolute atomic E-state index is 0.187. The Hall–Kier alpha value is -0.870. The lowest BCUT2D eigenvalue weighted by Gasteiger charge is -2.31. The molecule has 1 aromatic rings. The van der Waals surface area contributed by atoms with Gasteiger partial charge in [0.25, 0.3) is 0 Å². The molecule has 1 N–H and O–H groups in total. The summed E-state index contributed by atoms with van der Waals surface area (Å²) in [4.78, 5) is 14.9. The van der Waals surface area contributed by atoms with Gasteiger partial charge in [-0.15, -0.1) is 11.3 Å². The highest BCUT2D eigenvalue weighted by molar-refractivity contribution is 7.09. The minimum Gasteiger partial charge on any atom is -0.481 e. The summed E-state index contributed by atoms with van der Waals surface area (Å²) in [5.74, 6) is -0.822. The Morgan fingerprint density at radius 3 is 2.89 bits per heavy atom. The number of rotatable bonds is 4. The molecule has 1 heterocycles. The van der Waals surface area contributed by atoms with E-state index in [-0.39, 0.29) is 12.0 Å². The van der Waals surface area contributed by atoms with Crippen LogP contribution in [0.15, 0.2) is 17.5 Å². The first-order chi connectivity index (χ1) is 8.68. The summed E-state index contributed by atoms with van der Waals surface area (Å²) >= 11 is 1.74. The van der Waals surface area contributed by atoms with E-state index in [0.717, 1.165) is 32.2 Å². The third kappa shape index (κ3) is 3.33. The fraction of sp³-hybridized carbons (Fsp3) is 0.643. The number of hydrogen-bond donors (Lipinski definition) is 1. The maximum atomic E-state index is 11.4. The van der Waals surface area contributed by atoms with Gasteiger partial charge in [-0.25, -0.2) is 0 Å². The summed E-state index contributed by atoms with van der Waals surface area (Å²) in [5, 5.41) is 11.5. The van der Waals surface area contributed by atoms with E-state index in [9.17, 15) is 9.90 Å². The molecule has 2 unspecified atom stereocenters. The molecule has 0 radical (unpaired) electrons. The lowest BCUT2D eigenvalue weighted by molar-refractivity contribution is -0.144. The third-order valence-electron chi connectivity index (χ3n) is 3.85. The van der Waals surface area contributed by atoms with Crippen LogP contribution in [-0.4, -0.2) is 29.1 Å². The van der Waals surface area contributed by atoms with Crippen LogP contribution < -0.4 is 0 Å². The molecule has 1 aliphatic rings. The standard InChI is InChI=1S/C14H21NO2S/c1-15(10-11-6-5-9-18-11)13-8-4-2-3-7-12(13)14(16)17/h5-6,9,12-13H,2-4,7-8,10H2,1H3,(H,16,17). The average molecular weight is 267 g/mol. The van der Waals surface area contributed by atoms with Crippen LogP contribution in [0.5, 0.6) is 0 Å². The molecule has 0 amide bonds. The van der Waals surface area contributed by atoms with Gasteiger partial charge in [0.05, 0.1) is 5.92 Å². The average Bonchev–Trinajstić information content (AvgIpc) is 2.70. The van der Waals surface area contributed by atoms with Crippen molar-refractivity contribution in [3.8, 4) is 0 Å². The lowest BCUT2D eigenvalue weighted by Crippen LogP contribution is -2.40. The van der Waals surface area contributed by atoms with Gasteiger partial charge in [-0.3, -0.25) is 9.69 Å². The smallest absolute Gasteiger partial charge is 0.308 e. The van der Waals surface area contributed by atoms with Gasteiger partial charge in [0.1, 0.15) is 0 Å². The number of thiophene rings is 1. The number of carboxylic acid groups (broad SMARTS) is 1. The fourth-order valence-corrected chi connectivity index (χ4v) is 3.64. The van der Waals surface area contributed by atoms with Crippen LogP contribution in [0.4, 0.5) is 0 Å². The number of nitrogens with zero attached hydrogens (tertiary/aromatic N) is 1. The highest BCUT2D eigenvalue weighted by atomic mass is 32.1. The summed E-state index contributed by atoms with van der Waals surface area (Å²) in [6.45, 7) is 0.867. The van der Waals surface area contributed by atoms with Crippen LogP contribution >= 0.6 is 11.3 Å². The van der Waals surface area contributed by atoms with Gasteiger partial charge in [0, 0.05) is 17.5 Å². The summed E-state index contributed by atoms with van der Waals surface area (Å²) in [7, 11) is 2.06. The van der Waals surface area contributed by atoms with Crippen LogP contribution in [0.1, 0.15) is 37.0 Å². The molecule has 0 aromatic carbocycles. The quantitative estimate of drug-likeness (QED) is 0.852. The highest BCUT2D eigenvalue weighted by Gasteiger charge is 2.32. The van der Waals surface area contributed by atoms with E-state index in [1.165, 1.54) is 11.3 Å². The van der Waals surface area contributed by atoms with Crippen molar-refractivity contribution in [2.24, 2.45) is 5.92 Å². The van der Waals surface area contributed by atoms with Gasteiger partial charge >= 0.3 is 5.97 Å². The Bertz CT molecular complexity index is 377. The van der Waals surface area contributed by atoms with Crippen LogP contribution in [-0.2, 0) is 11.3 Å². The van der Waals surface area contributed by atoms with Gasteiger partial charge in [0.2, 0.25) is 0 Å². The second-order valence-corrected chi connectivity index (χ2v) is 6.18. The van der Waals surface area contributed by atoms with Crippen LogP contribution in [0.2, 0.25) is 0 Å². The molecular formula is C14H21NO2S. The molecule has 0 saturated heterocycles. The number of carboxylic acids is 1. The van der Waals surface area contributed by atoms with Crippen molar-refractivity contribution in [2.45, 2.75) is 44.7 Å². The largest absolute Gasteiger partial charge is 0.481 e. The Balaban J connectivity index is 2.04. The van der Waals surface area contributed by atoms with Gasteiger partial charge < -0.3 is 5.11 Å². The van der Waals surface area contributed by atoms with Crippen molar-refractivity contribution in [3.63, 3.8) is 0 Å². The molecule has 1 aliphatic carbocycles. The minimum atomic E-state index is -0.625. The second kappa shape index (κ2) is 6.34. The molecule has 1 aromatic heterocycles. The van der Waals surface area contributed by atoms with E-state index in [0.29, 0.717) is 0 Å². The zero-order chi connectivity index (χ0) is 13.0. The van der Waals surface area contributed by atoms with Crippen LogP contribution in [0, 0.1) is 5.92 Å². The molecule has 18 heavy (non-hydrogen) atoms. The highest BCUT2D eigenvalue weighted by Crippen LogP contribution is 2.28. The summed E-state index contributed by atoms with van der Waals surface area (Å²) in [6, 6.07) is 4.36. The molecule has 3 nitrogen and oxygen atoms in total. The Morgan fingerprint density at radius 2 is 2.22 bits per heavy atom. The third-order valence-corrected chi connectivity index (χ3v) is 4.71. The molecule has 2 rings (SSSR count). The Morgan fingerprint density at radius 1 is 1.44 bits per heavy atom. The predicted octanol–water partition coefficient (Wildman–Crippen LogP) is 3.21. The van der Waals surface area contributed by atoms with Crippen molar-refractivity contribution in [1.82, 2.24) is 4.90 Å². The maximum Gasteiger partial charge on any atom is 0.308 e. The fourth-order valence-electron chi connectivity index (χ4n) is 2.87. The normalized spacial score (nSPS) is 25.0. The first-order valence-corrected chi connectivity index (χ1v) is 7.52. The molecule has 0 bridgehead atoms. The van der Waals surface area contributed by atoms with Crippen LogP contribution in [0.25, 0.3) is 0 Å². The lowest BCUT2D eigenvalue weighted by atomic mass is 9.93. The summed E-state index contributed by atoms with van der Waals surface area (Å²) < 4.78 is 0. The predicted molar refractivity (Wildman–Crippen MR) is 73.8 cm³/mol. The first-order valence-electron chi connectivity index (χ1n) is 6.64. The number of hydrogen-bond acceptors (Lipinski definition) is 3. The Kier molecular flexibility index (Phi) is 4.78. The summed E-state index contributed by atoms with van der Waals surface area (Å²) in [5.41, 5.74) is 0. The van der Waals surface area contributed by atoms with E-state index in [2.05, 4.69) is 29.5 Å².